The standard InChI is InChI=1S/C9H15ClN2.ClH/c1-3-4-5-9-11-7-8(6-10)12(9)2;/h7H,3-6H2,1-2H3;1H. The van der Waals surface area contributed by atoms with Crippen LogP contribution in [0.25, 0.3) is 0 Å². The first-order chi connectivity index (χ1) is 5.79. The van der Waals surface area contributed by atoms with E-state index in [1.54, 1.807) is 0 Å². The second-order valence-electron chi connectivity index (χ2n) is 2.96. The Morgan fingerprint density at radius 1 is 1.54 bits per heavy atom. The first-order valence-electron chi connectivity index (χ1n) is 4.35. The van der Waals surface area contributed by atoms with Crippen LogP contribution in [-0.2, 0) is 19.3 Å². The van der Waals surface area contributed by atoms with E-state index in [9.17, 15) is 0 Å². The van der Waals surface area contributed by atoms with Crippen molar-refractivity contribution in [2.24, 2.45) is 7.05 Å². The van der Waals surface area contributed by atoms with E-state index in [-0.39, 0.29) is 12.4 Å². The second kappa shape index (κ2) is 6.28. The predicted molar refractivity (Wildman–Crippen MR) is 58.6 cm³/mol. The predicted octanol–water partition coefficient (Wildman–Crippen LogP) is 2.92. The highest BCUT2D eigenvalue weighted by molar-refractivity contribution is 6.16. The quantitative estimate of drug-likeness (QED) is 0.717. The summed E-state index contributed by atoms with van der Waals surface area (Å²) < 4.78 is 2.09. The Kier molecular flexibility index (Phi) is 6.17. The van der Waals surface area contributed by atoms with Gasteiger partial charge in [-0.1, -0.05) is 13.3 Å². The van der Waals surface area contributed by atoms with E-state index in [1.807, 2.05) is 13.2 Å². The van der Waals surface area contributed by atoms with E-state index < -0.39 is 0 Å². The molecule has 1 aromatic rings. The van der Waals surface area contributed by atoms with Crippen molar-refractivity contribution in [3.63, 3.8) is 0 Å². The van der Waals surface area contributed by atoms with Crippen molar-refractivity contribution in [3.05, 3.63) is 17.7 Å². The van der Waals surface area contributed by atoms with Gasteiger partial charge in [0.25, 0.3) is 0 Å². The van der Waals surface area contributed by atoms with Gasteiger partial charge in [0.15, 0.2) is 0 Å². The molecule has 0 aliphatic carbocycles. The smallest absolute Gasteiger partial charge is 0.108 e. The maximum absolute atomic E-state index is 5.72. The molecule has 4 heteroatoms. The molecule has 0 aliphatic rings. The Labute approximate surface area is 90.7 Å². The average molecular weight is 223 g/mol. The van der Waals surface area contributed by atoms with Crippen LogP contribution >= 0.6 is 24.0 Å². The lowest BCUT2D eigenvalue weighted by molar-refractivity contribution is 0.702. The lowest BCUT2D eigenvalue weighted by Crippen LogP contribution is -2.00. The number of alkyl halides is 1. The molecule has 0 aliphatic heterocycles. The molecule has 0 N–H and O–H groups in total. The molecule has 0 saturated heterocycles. The van der Waals surface area contributed by atoms with Crippen LogP contribution in [0.3, 0.4) is 0 Å². The number of halogens is 2. The minimum Gasteiger partial charge on any atom is -0.334 e. The molecule has 0 amide bonds. The van der Waals surface area contributed by atoms with Gasteiger partial charge in [-0.25, -0.2) is 4.98 Å². The molecule has 0 atom stereocenters. The Bertz CT molecular complexity index is 246. The van der Waals surface area contributed by atoms with Gasteiger partial charge in [-0.2, -0.15) is 0 Å². The van der Waals surface area contributed by atoms with Crippen molar-refractivity contribution in [1.29, 1.82) is 0 Å². The fraction of sp³-hybridized carbons (Fsp3) is 0.667. The Hall–Kier alpha value is -0.210. The number of nitrogens with zero attached hydrogens (tertiary/aromatic N) is 2. The Balaban J connectivity index is 0.00000144. The van der Waals surface area contributed by atoms with Gasteiger partial charge in [-0.3, -0.25) is 0 Å². The Morgan fingerprint density at radius 2 is 2.23 bits per heavy atom. The average Bonchev–Trinajstić information content (AvgIpc) is 2.43. The molecule has 0 radical (unpaired) electrons. The van der Waals surface area contributed by atoms with Gasteiger partial charge in [0.1, 0.15) is 5.82 Å². The number of hydrogen-bond acceptors (Lipinski definition) is 1. The van der Waals surface area contributed by atoms with E-state index in [2.05, 4.69) is 16.5 Å². The molecule has 0 aromatic carbocycles. The first-order valence-corrected chi connectivity index (χ1v) is 4.88. The summed E-state index contributed by atoms with van der Waals surface area (Å²) in [7, 11) is 2.02. The molecule has 1 rings (SSSR count). The van der Waals surface area contributed by atoms with Crippen molar-refractivity contribution >= 4 is 24.0 Å². The highest BCUT2D eigenvalue weighted by Crippen LogP contribution is 2.08. The number of aryl methyl sites for hydroxylation is 1. The van der Waals surface area contributed by atoms with Gasteiger partial charge in [0, 0.05) is 19.7 Å². The molecular formula is C9H16Cl2N2. The van der Waals surface area contributed by atoms with Gasteiger partial charge in [0.2, 0.25) is 0 Å². The summed E-state index contributed by atoms with van der Waals surface area (Å²) in [4.78, 5) is 4.30. The lowest BCUT2D eigenvalue weighted by Gasteiger charge is -2.02. The monoisotopic (exact) mass is 222 g/mol. The Morgan fingerprint density at radius 3 is 2.69 bits per heavy atom. The topological polar surface area (TPSA) is 17.8 Å². The summed E-state index contributed by atoms with van der Waals surface area (Å²) in [6.45, 7) is 2.19. The van der Waals surface area contributed by atoms with E-state index in [4.69, 9.17) is 11.6 Å². The number of aromatic nitrogens is 2. The molecule has 1 aromatic heterocycles. The molecule has 0 fully saturated rings. The van der Waals surface area contributed by atoms with E-state index in [0.29, 0.717) is 5.88 Å². The molecule has 0 spiro atoms. The van der Waals surface area contributed by atoms with Gasteiger partial charge in [0.05, 0.1) is 11.6 Å². The van der Waals surface area contributed by atoms with Crippen LogP contribution in [0.1, 0.15) is 31.3 Å². The SMILES string of the molecule is CCCCc1ncc(CCl)n1C.Cl. The number of rotatable bonds is 4. The molecule has 2 nitrogen and oxygen atoms in total. The van der Waals surface area contributed by atoms with Gasteiger partial charge < -0.3 is 4.57 Å². The minimum atomic E-state index is 0. The van der Waals surface area contributed by atoms with Crippen LogP contribution in [0.5, 0.6) is 0 Å². The fourth-order valence-electron chi connectivity index (χ4n) is 1.18. The number of unbranched alkanes of at least 4 members (excludes halogenated alkanes) is 1. The van der Waals surface area contributed by atoms with Crippen molar-refractivity contribution in [1.82, 2.24) is 9.55 Å². The van der Waals surface area contributed by atoms with Crippen molar-refractivity contribution < 1.29 is 0 Å². The number of imidazole rings is 1. The van der Waals surface area contributed by atoms with E-state index in [0.717, 1.165) is 17.9 Å². The summed E-state index contributed by atoms with van der Waals surface area (Å²) in [6.07, 6.45) is 5.33. The van der Waals surface area contributed by atoms with Gasteiger partial charge >= 0.3 is 0 Å². The zero-order valence-electron chi connectivity index (χ0n) is 8.09. The molecule has 0 saturated carbocycles. The van der Waals surface area contributed by atoms with Crippen LogP contribution in [-0.4, -0.2) is 9.55 Å². The van der Waals surface area contributed by atoms with Crippen molar-refractivity contribution in [2.45, 2.75) is 32.1 Å². The second-order valence-corrected chi connectivity index (χ2v) is 3.23. The van der Waals surface area contributed by atoms with Crippen LogP contribution in [0.2, 0.25) is 0 Å². The lowest BCUT2D eigenvalue weighted by atomic mass is 10.2. The maximum atomic E-state index is 5.72. The molecule has 13 heavy (non-hydrogen) atoms. The molecule has 0 bridgehead atoms. The van der Waals surface area contributed by atoms with Gasteiger partial charge in [-0.05, 0) is 6.42 Å². The molecule has 76 valence electrons. The molecule has 0 unspecified atom stereocenters. The molecule has 1 heterocycles. The number of hydrogen-bond donors (Lipinski definition) is 0. The van der Waals surface area contributed by atoms with Crippen LogP contribution in [0, 0.1) is 0 Å². The summed E-state index contributed by atoms with van der Waals surface area (Å²) in [5.74, 6) is 1.70. The van der Waals surface area contributed by atoms with Crippen molar-refractivity contribution in [2.75, 3.05) is 0 Å². The van der Waals surface area contributed by atoms with Gasteiger partial charge in [-0.15, -0.1) is 24.0 Å². The summed E-state index contributed by atoms with van der Waals surface area (Å²) in [6, 6.07) is 0. The normalized spacial score (nSPS) is 9.77. The zero-order valence-corrected chi connectivity index (χ0v) is 9.66. The van der Waals surface area contributed by atoms with Crippen LogP contribution < -0.4 is 0 Å². The molecular weight excluding hydrogens is 207 g/mol. The van der Waals surface area contributed by atoms with Crippen LogP contribution in [0.15, 0.2) is 6.20 Å². The third-order valence-corrected chi connectivity index (χ3v) is 2.35. The van der Waals surface area contributed by atoms with E-state index >= 15 is 0 Å². The van der Waals surface area contributed by atoms with E-state index in [1.165, 1.54) is 12.8 Å². The van der Waals surface area contributed by atoms with Crippen LogP contribution in [0.4, 0.5) is 0 Å². The maximum Gasteiger partial charge on any atom is 0.108 e. The minimum absolute atomic E-state index is 0. The summed E-state index contributed by atoms with van der Waals surface area (Å²) in [5, 5.41) is 0. The summed E-state index contributed by atoms with van der Waals surface area (Å²) in [5.41, 5.74) is 1.10. The first kappa shape index (κ1) is 12.8. The highest BCUT2D eigenvalue weighted by Gasteiger charge is 2.03. The third-order valence-electron chi connectivity index (χ3n) is 2.07. The van der Waals surface area contributed by atoms with Crippen molar-refractivity contribution in [3.8, 4) is 0 Å². The fourth-order valence-corrected chi connectivity index (χ4v) is 1.43. The summed E-state index contributed by atoms with van der Waals surface area (Å²) >= 11 is 5.72. The zero-order chi connectivity index (χ0) is 8.97. The highest BCUT2D eigenvalue weighted by atomic mass is 35.5. The largest absolute Gasteiger partial charge is 0.334 e. The third kappa shape index (κ3) is 3.20.